The van der Waals surface area contributed by atoms with Gasteiger partial charge in [-0.3, -0.25) is 19.2 Å². The first-order chi connectivity index (χ1) is 32.1. The second kappa shape index (κ2) is 19.7. The number of hydrogen-bond donors (Lipinski definition) is 3. The van der Waals surface area contributed by atoms with Gasteiger partial charge in [-0.2, -0.15) is 5.10 Å². The van der Waals surface area contributed by atoms with Gasteiger partial charge in [-0.1, -0.05) is 17.3 Å². The van der Waals surface area contributed by atoms with E-state index in [2.05, 4.69) is 52.8 Å². The van der Waals surface area contributed by atoms with Crippen molar-refractivity contribution < 1.29 is 37.9 Å². The Morgan fingerprint density at radius 3 is 2.42 bits per heavy atom. The lowest BCUT2D eigenvalue weighted by Gasteiger charge is -2.29. The van der Waals surface area contributed by atoms with Gasteiger partial charge in [-0.25, -0.2) is 14.6 Å². The molecule has 1 aliphatic heterocycles. The van der Waals surface area contributed by atoms with Crippen molar-refractivity contribution in [1.29, 1.82) is 0 Å². The molecule has 0 saturated heterocycles. The number of carbonyl (C=O) groups is 4. The van der Waals surface area contributed by atoms with E-state index in [4.69, 9.17) is 33.8 Å². The molecule has 1 unspecified atom stereocenters. The third-order valence-electron chi connectivity index (χ3n) is 12.8. The zero-order valence-electron chi connectivity index (χ0n) is 38.1. The third-order valence-corrected chi connectivity index (χ3v) is 12.8. The van der Waals surface area contributed by atoms with Gasteiger partial charge in [0.15, 0.2) is 5.78 Å². The fourth-order valence-electron chi connectivity index (χ4n) is 9.21. The summed E-state index contributed by atoms with van der Waals surface area (Å²) in [6.07, 6.45) is 5.05. The number of amides is 2. The molecule has 4 aromatic heterocycles. The molecule has 5 heterocycles. The lowest BCUT2D eigenvalue weighted by Crippen LogP contribution is -2.44. The minimum atomic E-state index is -0.519. The molecular formula is C49H57N9O8. The summed E-state index contributed by atoms with van der Waals surface area (Å²) in [5.74, 6) is 1.87. The Hall–Kier alpha value is -6.30. The highest BCUT2D eigenvalue weighted by atomic mass is 16.5. The monoisotopic (exact) mass is 899 g/mol. The molecule has 17 nitrogen and oxygen atoms in total. The van der Waals surface area contributed by atoms with E-state index < -0.39 is 11.9 Å². The van der Waals surface area contributed by atoms with Crippen LogP contribution in [0.5, 0.6) is 0 Å². The van der Waals surface area contributed by atoms with E-state index >= 15 is 0 Å². The number of ether oxygens (including phenoxy) is 3. The first-order valence-electron chi connectivity index (χ1n) is 23.2. The van der Waals surface area contributed by atoms with Crippen molar-refractivity contribution in [3.63, 3.8) is 0 Å². The third kappa shape index (κ3) is 9.50. The van der Waals surface area contributed by atoms with Gasteiger partial charge in [-0.15, -0.1) is 0 Å². The minimum Gasteiger partial charge on any atom is -0.379 e. The van der Waals surface area contributed by atoms with Crippen LogP contribution in [-0.4, -0.2) is 110 Å². The van der Waals surface area contributed by atoms with Crippen molar-refractivity contribution in [3.8, 4) is 11.1 Å². The van der Waals surface area contributed by atoms with E-state index in [-0.39, 0.29) is 29.7 Å². The highest BCUT2D eigenvalue weighted by Gasteiger charge is 2.39. The number of carbonyl (C=O) groups excluding carboxylic acids is 4. The highest BCUT2D eigenvalue weighted by molar-refractivity contribution is 6.14. The Balaban J connectivity index is 0.721. The number of anilines is 2. The largest absolute Gasteiger partial charge is 0.379 e. The van der Waals surface area contributed by atoms with Crippen molar-refractivity contribution in [3.05, 3.63) is 81.6 Å². The fraction of sp³-hybridized carbons (Fsp3) is 0.469. The molecule has 2 aromatic carbocycles. The lowest BCUT2D eigenvalue weighted by atomic mass is 9.92. The van der Waals surface area contributed by atoms with Crippen LogP contribution in [0.1, 0.15) is 113 Å². The van der Waals surface area contributed by atoms with E-state index in [1.807, 2.05) is 36.7 Å². The molecule has 346 valence electrons. The molecule has 6 aromatic rings. The lowest BCUT2D eigenvalue weighted by molar-refractivity contribution is -0.133. The maximum atomic E-state index is 13.6. The van der Waals surface area contributed by atoms with Gasteiger partial charge in [0.25, 0.3) is 11.8 Å². The van der Waals surface area contributed by atoms with Gasteiger partial charge < -0.3 is 39.3 Å². The average Bonchev–Trinajstić information content (AvgIpc) is 3.69. The number of nitrogens with one attached hydrogen (secondary N) is 3. The zero-order valence-corrected chi connectivity index (χ0v) is 38.1. The van der Waals surface area contributed by atoms with Crippen LogP contribution in [0, 0.1) is 20.8 Å². The number of hydrogen-bond acceptors (Lipinski definition) is 13. The topological polar surface area (TPSA) is 209 Å². The van der Waals surface area contributed by atoms with Gasteiger partial charge in [-0.05, 0) is 107 Å². The number of ketones is 2. The van der Waals surface area contributed by atoms with Crippen LogP contribution >= 0.6 is 0 Å². The molecule has 3 N–H and O–H groups in total. The Labute approximate surface area is 382 Å². The summed E-state index contributed by atoms with van der Waals surface area (Å²) in [4.78, 5) is 65.6. The molecule has 0 radical (unpaired) electrons. The van der Waals surface area contributed by atoms with Crippen LogP contribution in [0.25, 0.3) is 33.1 Å². The standard InChI is InChI=1S/C49H57N9O8/c1-5-58-42(26-38(55-58)32-12-13-32)52-46-44-36-23-28(2)35(43-29(3)56-66-30(43)4)25-39(36)51-45(44)53-47(54-46)48(61)50-16-8-18-64-20-22-65-21-19-63-17-7-10-31-9-6-11-34-37(31)27-57(49(34)62)40-15-14-33(59)24-41(40)60/h6,9,11,23,25-26,32,40H,5,7-8,10,12-22,24,27H2,1-4H3,(H,50,61)(H2,51,52,53,54). The molecule has 0 bridgehead atoms. The number of nitrogens with zero attached hydrogens (tertiary/aromatic N) is 6. The number of H-pyrrole nitrogens is 1. The van der Waals surface area contributed by atoms with Gasteiger partial charge in [0.05, 0.1) is 55.7 Å². The molecule has 2 saturated carbocycles. The number of aryl methyl sites for hydroxylation is 5. The normalized spacial score (nSPS) is 16.3. The fourth-order valence-corrected chi connectivity index (χ4v) is 9.21. The molecule has 2 amide bonds. The molecule has 1 atom stereocenters. The molecule has 66 heavy (non-hydrogen) atoms. The number of benzene rings is 2. The Bertz CT molecular complexity index is 2780. The van der Waals surface area contributed by atoms with Crippen LogP contribution < -0.4 is 10.6 Å². The van der Waals surface area contributed by atoms with Crippen molar-refractivity contribution in [1.82, 2.24) is 40.1 Å². The Morgan fingerprint density at radius 2 is 1.70 bits per heavy atom. The van der Waals surface area contributed by atoms with Crippen molar-refractivity contribution in [2.45, 2.75) is 104 Å². The van der Waals surface area contributed by atoms with Crippen LogP contribution in [0.15, 0.2) is 40.9 Å². The summed E-state index contributed by atoms with van der Waals surface area (Å²) < 4.78 is 24.7. The molecule has 0 spiro atoms. The highest BCUT2D eigenvalue weighted by Crippen LogP contribution is 2.41. The maximum Gasteiger partial charge on any atom is 0.289 e. The van der Waals surface area contributed by atoms with Crippen LogP contribution in [0.4, 0.5) is 11.6 Å². The predicted molar refractivity (Wildman–Crippen MR) is 246 cm³/mol. The van der Waals surface area contributed by atoms with E-state index in [1.54, 1.807) is 4.90 Å². The molecule has 17 heteroatoms. The summed E-state index contributed by atoms with van der Waals surface area (Å²) in [5, 5.41) is 17.2. The summed E-state index contributed by atoms with van der Waals surface area (Å²) in [5.41, 5.74) is 8.98. The molecule has 9 rings (SSSR count). The van der Waals surface area contributed by atoms with Crippen molar-refractivity contribution in [2.24, 2.45) is 0 Å². The predicted octanol–water partition coefficient (Wildman–Crippen LogP) is 6.98. The molecule has 3 aliphatic rings. The average molecular weight is 900 g/mol. The van der Waals surface area contributed by atoms with Crippen LogP contribution in [0.3, 0.4) is 0 Å². The van der Waals surface area contributed by atoms with Crippen molar-refractivity contribution in [2.75, 3.05) is 51.5 Å². The Morgan fingerprint density at radius 1 is 0.924 bits per heavy atom. The number of aromatic nitrogens is 6. The van der Waals surface area contributed by atoms with Gasteiger partial charge in [0.1, 0.15) is 28.8 Å². The summed E-state index contributed by atoms with van der Waals surface area (Å²) in [6.45, 7) is 12.1. The quantitative estimate of drug-likeness (QED) is 0.0493. The van der Waals surface area contributed by atoms with Crippen LogP contribution in [0.2, 0.25) is 0 Å². The smallest absolute Gasteiger partial charge is 0.289 e. The second-order valence-electron chi connectivity index (χ2n) is 17.5. The van der Waals surface area contributed by atoms with E-state index in [0.29, 0.717) is 101 Å². The van der Waals surface area contributed by atoms with Gasteiger partial charge >= 0.3 is 0 Å². The van der Waals surface area contributed by atoms with E-state index in [1.165, 1.54) is 0 Å². The van der Waals surface area contributed by atoms with Crippen LogP contribution in [-0.2, 0) is 43.3 Å². The Kier molecular flexibility index (Phi) is 13.4. The van der Waals surface area contributed by atoms with Gasteiger partial charge in [0.2, 0.25) is 5.82 Å². The first kappa shape index (κ1) is 44.9. The van der Waals surface area contributed by atoms with Crippen molar-refractivity contribution >= 4 is 57.0 Å². The SMILES string of the molecule is CCn1nc(C2CC2)cc1Nc1nc(C(=O)NCCCOCCOCCOCCCc2cccc3c2CN(C2CCC(=O)CC2=O)C3=O)nc2[nH]c3cc(-c4c(C)noc4C)c(C)cc3c12. The summed E-state index contributed by atoms with van der Waals surface area (Å²) >= 11 is 0. The number of fused-ring (bicyclic) bond motifs is 4. The van der Waals surface area contributed by atoms with Gasteiger partial charge in [0, 0.05) is 73.3 Å². The molecule has 2 fully saturated rings. The number of aromatic amines is 1. The second-order valence-corrected chi connectivity index (χ2v) is 17.5. The zero-order chi connectivity index (χ0) is 45.9. The molecule has 2 aliphatic carbocycles. The van der Waals surface area contributed by atoms with E-state index in [9.17, 15) is 19.2 Å². The minimum absolute atomic E-state index is 0.0428. The van der Waals surface area contributed by atoms with E-state index in [0.717, 1.165) is 92.8 Å². The summed E-state index contributed by atoms with van der Waals surface area (Å²) in [6, 6.07) is 11.5. The summed E-state index contributed by atoms with van der Waals surface area (Å²) in [7, 11) is 0. The first-order valence-corrected chi connectivity index (χ1v) is 23.2. The number of rotatable bonds is 21. The number of Topliss-reactive ketones (excluding diaryl/α,β-unsaturated/α-hetero) is 2. The molecular weight excluding hydrogens is 843 g/mol. The maximum absolute atomic E-state index is 13.6.